The van der Waals surface area contributed by atoms with Crippen molar-refractivity contribution in [1.29, 1.82) is 0 Å². The second-order valence-corrected chi connectivity index (χ2v) is 24.5. The van der Waals surface area contributed by atoms with Crippen LogP contribution in [0.2, 0.25) is 0 Å². The van der Waals surface area contributed by atoms with Crippen LogP contribution < -0.4 is 0 Å². The van der Waals surface area contributed by atoms with Gasteiger partial charge < -0.3 is 14.2 Å². The molecule has 0 aromatic heterocycles. The van der Waals surface area contributed by atoms with Gasteiger partial charge in [-0.15, -0.1) is 0 Å². The summed E-state index contributed by atoms with van der Waals surface area (Å²) in [5.41, 5.74) is 0. The van der Waals surface area contributed by atoms with Crippen molar-refractivity contribution in [3.05, 3.63) is 72.9 Å². The minimum Gasteiger partial charge on any atom is -0.462 e. The van der Waals surface area contributed by atoms with Gasteiger partial charge in [-0.3, -0.25) is 14.4 Å². The van der Waals surface area contributed by atoms with Crippen molar-refractivity contribution in [1.82, 2.24) is 0 Å². The molecule has 0 aliphatic carbocycles. The Kier molecular flexibility index (Phi) is 68.6. The summed E-state index contributed by atoms with van der Waals surface area (Å²) < 4.78 is 17.0. The van der Waals surface area contributed by atoms with E-state index in [0.717, 1.165) is 116 Å². The number of hydrogen-bond acceptors (Lipinski definition) is 6. The van der Waals surface area contributed by atoms with Crippen LogP contribution in [-0.2, 0) is 28.6 Å². The SMILES string of the molecule is CC/C=C\C/C=C\C/C=C\C/C=C\C/C=C\CCCCCCCC(=O)OC(COC(=O)CCCCCCC/C=C\CCCCCC)COC(=O)CCCCCCCCCCCCCCCCCCCCCCCCCCCCCCCCC. The summed E-state index contributed by atoms with van der Waals surface area (Å²) in [5.74, 6) is -0.891. The highest BCUT2D eigenvalue weighted by molar-refractivity contribution is 5.71. The normalized spacial score (nSPS) is 12.5. The Morgan fingerprint density at radius 3 is 0.759 bits per heavy atom. The van der Waals surface area contributed by atoms with E-state index in [2.05, 4.69) is 93.7 Å². The molecular formula is C77H138O6. The molecule has 0 aliphatic heterocycles. The van der Waals surface area contributed by atoms with Gasteiger partial charge in [-0.1, -0.05) is 344 Å². The molecule has 83 heavy (non-hydrogen) atoms. The first kappa shape index (κ1) is 79.8. The monoisotopic (exact) mass is 1160 g/mol. The van der Waals surface area contributed by atoms with Crippen molar-refractivity contribution < 1.29 is 28.6 Å². The van der Waals surface area contributed by atoms with Crippen molar-refractivity contribution in [3.63, 3.8) is 0 Å². The fourth-order valence-electron chi connectivity index (χ4n) is 10.8. The molecule has 0 radical (unpaired) electrons. The summed E-state index contributed by atoms with van der Waals surface area (Å²) in [5, 5.41) is 0. The number of esters is 3. The number of allylic oxidation sites excluding steroid dienone is 12. The first-order valence-electron chi connectivity index (χ1n) is 36.4. The number of rotatable bonds is 67. The molecule has 0 saturated heterocycles. The van der Waals surface area contributed by atoms with Crippen LogP contribution in [0, 0.1) is 0 Å². The topological polar surface area (TPSA) is 78.9 Å². The summed E-state index contributed by atoms with van der Waals surface area (Å²) in [4.78, 5) is 38.4. The van der Waals surface area contributed by atoms with Gasteiger partial charge in [0.05, 0.1) is 0 Å². The average molecular weight is 1160 g/mol. The molecule has 6 heteroatoms. The van der Waals surface area contributed by atoms with Gasteiger partial charge in [-0.2, -0.15) is 0 Å². The molecule has 0 bridgehead atoms. The van der Waals surface area contributed by atoms with Crippen LogP contribution in [0.25, 0.3) is 0 Å². The number of unbranched alkanes of at least 4 members (excludes halogenated alkanes) is 44. The lowest BCUT2D eigenvalue weighted by atomic mass is 10.0. The molecule has 1 atom stereocenters. The first-order valence-corrected chi connectivity index (χ1v) is 36.4. The zero-order valence-electron chi connectivity index (χ0n) is 55.5. The highest BCUT2D eigenvalue weighted by Crippen LogP contribution is 2.18. The Morgan fingerprint density at radius 2 is 0.470 bits per heavy atom. The number of carbonyl (C=O) groups is 3. The van der Waals surface area contributed by atoms with Gasteiger partial charge in [0.2, 0.25) is 0 Å². The van der Waals surface area contributed by atoms with Crippen LogP contribution in [0.4, 0.5) is 0 Å². The Morgan fingerprint density at radius 1 is 0.253 bits per heavy atom. The number of carbonyl (C=O) groups excluding carboxylic acids is 3. The molecule has 0 saturated carbocycles. The van der Waals surface area contributed by atoms with E-state index in [-0.39, 0.29) is 31.1 Å². The summed E-state index contributed by atoms with van der Waals surface area (Å²) in [7, 11) is 0. The van der Waals surface area contributed by atoms with Crippen LogP contribution in [-0.4, -0.2) is 37.2 Å². The molecule has 0 N–H and O–H groups in total. The third-order valence-electron chi connectivity index (χ3n) is 16.2. The Bertz CT molecular complexity index is 1520. The maximum absolute atomic E-state index is 12.9. The van der Waals surface area contributed by atoms with Gasteiger partial charge in [-0.05, 0) is 89.9 Å². The molecule has 0 aliphatic rings. The van der Waals surface area contributed by atoms with Crippen LogP contribution in [0.3, 0.4) is 0 Å². The fraction of sp³-hybridized carbons (Fsp3) is 0.805. The lowest BCUT2D eigenvalue weighted by Crippen LogP contribution is -2.30. The van der Waals surface area contributed by atoms with E-state index < -0.39 is 6.10 Å². The predicted octanol–water partition coefficient (Wildman–Crippen LogP) is 25.2. The lowest BCUT2D eigenvalue weighted by Gasteiger charge is -2.18. The molecule has 0 spiro atoms. The quantitative estimate of drug-likeness (QED) is 0.0261. The van der Waals surface area contributed by atoms with Gasteiger partial charge in [0.15, 0.2) is 6.10 Å². The van der Waals surface area contributed by atoms with Gasteiger partial charge in [0.25, 0.3) is 0 Å². The standard InChI is InChI=1S/C77H138O6/c1-4-7-10-13-16-19-22-25-27-29-31-33-34-35-36-37-38-39-40-41-42-44-45-47-49-52-55-58-61-64-67-70-76(79)82-73-74(72-81-75(78)69-66-63-60-57-54-51-24-21-18-15-12-9-6-3)83-77(80)71-68-65-62-59-56-53-50-48-46-43-32-30-28-26-23-20-17-14-11-8-5-2/h8,11,17,20-21,24,26,28,32,43,48,50,74H,4-7,9-10,12-16,18-19,22-23,25,27,29-31,33-42,44-47,49,51-73H2,1-3H3/b11-8-,20-17-,24-21-,28-26-,43-32-,50-48-. The Hall–Kier alpha value is -3.15. The molecule has 0 heterocycles. The average Bonchev–Trinajstić information content (AvgIpc) is 3.49. The molecule has 6 nitrogen and oxygen atoms in total. The van der Waals surface area contributed by atoms with Crippen LogP contribution >= 0.6 is 0 Å². The van der Waals surface area contributed by atoms with Crippen molar-refractivity contribution in [2.24, 2.45) is 0 Å². The Balaban J connectivity index is 4.20. The predicted molar refractivity (Wildman–Crippen MR) is 362 cm³/mol. The van der Waals surface area contributed by atoms with Crippen molar-refractivity contribution in [3.8, 4) is 0 Å². The maximum Gasteiger partial charge on any atom is 0.306 e. The van der Waals surface area contributed by atoms with E-state index in [0.29, 0.717) is 19.3 Å². The number of hydrogen-bond donors (Lipinski definition) is 0. The summed E-state index contributed by atoms with van der Waals surface area (Å²) >= 11 is 0. The molecule has 0 aromatic carbocycles. The zero-order valence-corrected chi connectivity index (χ0v) is 55.5. The van der Waals surface area contributed by atoms with E-state index in [9.17, 15) is 14.4 Å². The molecule has 0 amide bonds. The van der Waals surface area contributed by atoms with Gasteiger partial charge in [-0.25, -0.2) is 0 Å². The molecule has 482 valence electrons. The van der Waals surface area contributed by atoms with Gasteiger partial charge in [0.1, 0.15) is 13.2 Å². The minimum absolute atomic E-state index is 0.0829. The van der Waals surface area contributed by atoms with E-state index in [4.69, 9.17) is 14.2 Å². The smallest absolute Gasteiger partial charge is 0.306 e. The third-order valence-corrected chi connectivity index (χ3v) is 16.2. The van der Waals surface area contributed by atoms with Crippen molar-refractivity contribution in [2.45, 2.75) is 386 Å². The molecule has 0 fully saturated rings. The van der Waals surface area contributed by atoms with E-state index in [1.807, 2.05) is 0 Å². The largest absolute Gasteiger partial charge is 0.462 e. The van der Waals surface area contributed by atoms with Gasteiger partial charge in [0, 0.05) is 19.3 Å². The second kappa shape index (κ2) is 71.3. The second-order valence-electron chi connectivity index (χ2n) is 24.5. The molecule has 0 aromatic rings. The van der Waals surface area contributed by atoms with E-state index in [1.165, 1.54) is 225 Å². The Labute approximate surface area is 516 Å². The third kappa shape index (κ3) is 69.5. The van der Waals surface area contributed by atoms with Gasteiger partial charge >= 0.3 is 17.9 Å². The molecule has 1 unspecified atom stereocenters. The number of ether oxygens (including phenoxy) is 3. The van der Waals surface area contributed by atoms with Crippen LogP contribution in [0.15, 0.2) is 72.9 Å². The maximum atomic E-state index is 12.9. The van der Waals surface area contributed by atoms with Crippen LogP contribution in [0.5, 0.6) is 0 Å². The summed E-state index contributed by atoms with van der Waals surface area (Å²) in [6, 6.07) is 0. The van der Waals surface area contributed by atoms with Crippen LogP contribution in [0.1, 0.15) is 380 Å². The summed E-state index contributed by atoms with van der Waals surface area (Å²) in [6.45, 7) is 6.54. The van der Waals surface area contributed by atoms with E-state index in [1.54, 1.807) is 0 Å². The van der Waals surface area contributed by atoms with E-state index >= 15 is 0 Å². The molecule has 0 rings (SSSR count). The molecular weight excluding hydrogens is 1020 g/mol. The lowest BCUT2D eigenvalue weighted by molar-refractivity contribution is -0.167. The highest BCUT2D eigenvalue weighted by atomic mass is 16.6. The summed E-state index contributed by atoms with van der Waals surface area (Å²) in [6.07, 6.45) is 93.8. The fourth-order valence-corrected chi connectivity index (χ4v) is 10.8. The van der Waals surface area contributed by atoms with Crippen molar-refractivity contribution in [2.75, 3.05) is 13.2 Å². The highest BCUT2D eigenvalue weighted by Gasteiger charge is 2.19. The first-order chi connectivity index (χ1) is 41.0. The minimum atomic E-state index is -0.790. The van der Waals surface area contributed by atoms with Crippen molar-refractivity contribution >= 4 is 17.9 Å². The zero-order chi connectivity index (χ0) is 59.9.